The van der Waals surface area contributed by atoms with Gasteiger partial charge in [0.15, 0.2) is 0 Å². The van der Waals surface area contributed by atoms with Crippen molar-refractivity contribution in [2.24, 2.45) is 5.84 Å². The molecule has 96 valence electrons. The lowest BCUT2D eigenvalue weighted by molar-refractivity contribution is -0.122. The third-order valence-corrected chi connectivity index (χ3v) is 6.69. The van der Waals surface area contributed by atoms with Crippen LogP contribution in [0.15, 0.2) is 29.2 Å². The predicted molar refractivity (Wildman–Crippen MR) is 66.5 cm³/mol. The van der Waals surface area contributed by atoms with Crippen molar-refractivity contribution in [3.63, 3.8) is 0 Å². The maximum Gasteiger partial charge on any atom is 0.250 e. The van der Waals surface area contributed by atoms with Gasteiger partial charge in [0.2, 0.25) is 5.91 Å². The molecule has 1 amide bonds. The van der Waals surface area contributed by atoms with E-state index >= 15 is 0 Å². The van der Waals surface area contributed by atoms with Crippen molar-refractivity contribution in [1.29, 1.82) is 0 Å². The van der Waals surface area contributed by atoms with Gasteiger partial charge in [0, 0.05) is 4.90 Å². The van der Waals surface area contributed by atoms with Gasteiger partial charge < -0.3 is 0 Å². The number of nitrogens with one attached hydrogen (secondary N) is 1. The number of thiol groups is 1. The summed E-state index contributed by atoms with van der Waals surface area (Å²) in [6.45, 7) is 3.11. The second kappa shape index (κ2) is 4.54. The molecule has 0 heterocycles. The smallest absolute Gasteiger partial charge is 0.250 e. The molecule has 0 bridgehead atoms. The van der Waals surface area contributed by atoms with Crippen molar-refractivity contribution in [2.45, 2.75) is 23.5 Å². The van der Waals surface area contributed by atoms with Crippen LogP contribution in [0.4, 0.5) is 4.39 Å². The number of hydrogen-bond donors (Lipinski definition) is 3. The second-order valence-electron chi connectivity index (χ2n) is 4.43. The Hall–Kier alpha value is -1.27. The third kappa shape index (κ3) is 2.37. The van der Waals surface area contributed by atoms with Crippen molar-refractivity contribution in [3.8, 4) is 0 Å². The second-order valence-corrected chi connectivity index (χ2v) is 7.92. The molecule has 1 rings (SSSR count). The Balaban J connectivity index is 3.23. The zero-order valence-electron chi connectivity index (χ0n) is 10.0. The average molecular weight is 260 g/mol. The Bertz CT molecular complexity index is 471. The van der Waals surface area contributed by atoms with Crippen LogP contribution in [0, 0.1) is 5.82 Å². The van der Waals surface area contributed by atoms with E-state index in [0.717, 1.165) is 0 Å². The van der Waals surface area contributed by atoms with Gasteiger partial charge in [-0.15, -0.1) is 0 Å². The fourth-order valence-electron chi connectivity index (χ4n) is 1.42. The highest BCUT2D eigenvalue weighted by atomic mass is 32.2. The molecule has 0 unspecified atom stereocenters. The summed E-state index contributed by atoms with van der Waals surface area (Å²) in [4.78, 5) is 12.1. The maximum atomic E-state index is 12.8. The quantitative estimate of drug-likeness (QED) is 0.322. The molecule has 0 fully saturated rings. The van der Waals surface area contributed by atoms with Gasteiger partial charge in [-0.25, -0.2) is 10.2 Å². The van der Waals surface area contributed by atoms with E-state index in [-0.39, 0.29) is 0 Å². The van der Waals surface area contributed by atoms with Crippen molar-refractivity contribution < 1.29 is 13.4 Å². The molecule has 0 aliphatic rings. The van der Waals surface area contributed by atoms with Crippen LogP contribution < -0.4 is 11.3 Å². The molecular weight excluding hydrogens is 243 g/mol. The number of nitrogens with two attached hydrogens (primary N) is 1. The first-order chi connectivity index (χ1) is 7.73. The van der Waals surface area contributed by atoms with E-state index in [4.69, 9.17) is 5.84 Å². The number of carbonyl (C=O) groups excluding carboxylic acids is 1. The molecule has 3 N–H and O–H groups in total. The van der Waals surface area contributed by atoms with Gasteiger partial charge in [-0.1, -0.05) is 9.93 Å². The number of benzene rings is 1. The number of hydrogen-bond acceptors (Lipinski definition) is 3. The van der Waals surface area contributed by atoms with E-state index < -0.39 is 26.4 Å². The summed E-state index contributed by atoms with van der Waals surface area (Å²) in [6, 6.07) is 5.31. The lowest BCUT2D eigenvalue weighted by Gasteiger charge is -2.34. The molecule has 0 spiro atoms. The van der Waals surface area contributed by atoms with E-state index in [0.29, 0.717) is 4.90 Å². The van der Waals surface area contributed by atoms with Gasteiger partial charge in [0.25, 0.3) is 0 Å². The van der Waals surface area contributed by atoms with Gasteiger partial charge in [-0.2, -0.15) is 0 Å². The fraction of sp³-hybridized carbons (Fsp3) is 0.364. The van der Waals surface area contributed by atoms with Crippen molar-refractivity contribution >= 4 is 15.8 Å². The molecule has 0 aliphatic carbocycles. The Kier molecular flexibility index (Phi) is 3.68. The SMILES string of the molecule is CC(C)(C(=O)NN)[SH](C)(=O)c1ccc(F)cc1. The van der Waals surface area contributed by atoms with Crippen molar-refractivity contribution in [2.75, 3.05) is 6.26 Å². The molecule has 0 saturated heterocycles. The summed E-state index contributed by atoms with van der Waals surface area (Å²) in [5, 5.41) is 0. The minimum Gasteiger partial charge on any atom is -0.293 e. The first-order valence-corrected chi connectivity index (χ1v) is 7.23. The molecule has 0 radical (unpaired) electrons. The first-order valence-electron chi connectivity index (χ1n) is 5.08. The number of halogens is 1. The minimum atomic E-state index is -3.00. The lowest BCUT2D eigenvalue weighted by Crippen LogP contribution is -2.52. The topological polar surface area (TPSA) is 72.2 Å². The van der Waals surface area contributed by atoms with Crippen LogP contribution in [0.5, 0.6) is 0 Å². The molecule has 4 nitrogen and oxygen atoms in total. The zero-order chi connectivity index (χ0) is 13.3. The highest BCUT2D eigenvalue weighted by Crippen LogP contribution is 2.30. The van der Waals surface area contributed by atoms with Crippen LogP contribution in [0.3, 0.4) is 0 Å². The molecule has 6 heteroatoms. The molecule has 0 aromatic heterocycles. The molecular formula is C11H17FN2O2S. The lowest BCUT2D eigenvalue weighted by atomic mass is 10.2. The van der Waals surface area contributed by atoms with E-state index in [9.17, 15) is 13.4 Å². The number of rotatable bonds is 3. The van der Waals surface area contributed by atoms with Crippen LogP contribution in [0.2, 0.25) is 0 Å². The largest absolute Gasteiger partial charge is 0.293 e. The van der Waals surface area contributed by atoms with Gasteiger partial charge in [-0.3, -0.25) is 14.4 Å². The first kappa shape index (κ1) is 13.8. The monoisotopic (exact) mass is 260 g/mol. The molecule has 0 saturated carbocycles. The van der Waals surface area contributed by atoms with Crippen LogP contribution in [0.25, 0.3) is 0 Å². The molecule has 1 aromatic carbocycles. The summed E-state index contributed by atoms with van der Waals surface area (Å²) in [5.41, 5.74) is 2.01. The van der Waals surface area contributed by atoms with E-state index in [1.54, 1.807) is 13.8 Å². The summed E-state index contributed by atoms with van der Waals surface area (Å²) < 4.78 is 24.4. The van der Waals surface area contributed by atoms with Crippen molar-refractivity contribution in [1.82, 2.24) is 5.43 Å². The van der Waals surface area contributed by atoms with Gasteiger partial charge in [-0.05, 0) is 44.4 Å². The Morgan fingerprint density at radius 3 is 2.24 bits per heavy atom. The Morgan fingerprint density at radius 1 is 1.35 bits per heavy atom. The van der Waals surface area contributed by atoms with Crippen LogP contribution in [-0.2, 0) is 14.7 Å². The molecule has 1 aromatic rings. The molecule has 0 atom stereocenters. The minimum absolute atomic E-state index is 0.408. The standard InChI is InChI=1S/C11H17FN2O2S/c1-11(2,10(15)14-13)17(3,16)9-6-4-8(12)5-7-9/h4-7,17H,13H2,1-3H3,(H,14,15). The summed E-state index contributed by atoms with van der Waals surface area (Å²) >= 11 is 0. The fourth-order valence-corrected chi connectivity index (χ4v) is 3.23. The van der Waals surface area contributed by atoms with Gasteiger partial charge >= 0.3 is 0 Å². The van der Waals surface area contributed by atoms with E-state index in [1.807, 2.05) is 5.43 Å². The summed E-state index contributed by atoms with van der Waals surface area (Å²) in [7, 11) is -3.00. The van der Waals surface area contributed by atoms with Crippen LogP contribution >= 0.6 is 0 Å². The predicted octanol–water partition coefficient (Wildman–Crippen LogP) is 0.600. The maximum absolute atomic E-state index is 12.8. The third-order valence-electron chi connectivity index (χ3n) is 3.07. The van der Waals surface area contributed by atoms with Crippen molar-refractivity contribution in [3.05, 3.63) is 30.1 Å². The van der Waals surface area contributed by atoms with Crippen LogP contribution in [0.1, 0.15) is 13.8 Å². The van der Waals surface area contributed by atoms with Gasteiger partial charge in [0.05, 0.1) is 0 Å². The zero-order valence-corrected chi connectivity index (χ0v) is 10.9. The average Bonchev–Trinajstić information content (AvgIpc) is 2.28. The highest BCUT2D eigenvalue weighted by Gasteiger charge is 2.39. The van der Waals surface area contributed by atoms with Crippen LogP contribution in [-0.4, -0.2) is 21.1 Å². The number of amides is 1. The summed E-state index contributed by atoms with van der Waals surface area (Å²) in [6.07, 6.45) is 1.50. The summed E-state index contributed by atoms with van der Waals surface area (Å²) in [5.74, 6) is 4.16. The number of hydrazine groups is 1. The van der Waals surface area contributed by atoms with Gasteiger partial charge in [0.1, 0.15) is 10.6 Å². The van der Waals surface area contributed by atoms with E-state index in [2.05, 4.69) is 0 Å². The highest BCUT2D eigenvalue weighted by molar-refractivity contribution is 8.04. The van der Waals surface area contributed by atoms with E-state index in [1.165, 1.54) is 30.5 Å². The Morgan fingerprint density at radius 2 is 1.82 bits per heavy atom. The molecule has 0 aliphatic heterocycles. The Labute approximate surface area is 101 Å². The molecule has 17 heavy (non-hydrogen) atoms. The number of carbonyl (C=O) groups is 1. The normalized spacial score (nSPS) is 13.2.